The molecule has 2 aromatic rings. The molecular formula is C19H28N6O3S. The molecule has 9 nitrogen and oxygen atoms in total. The SMILES string of the molecule is Cc1noc(C)c1S(=O)(=O)N1CCN(c2ccc(N3CCCCCC3)nn2)CC1. The van der Waals surface area contributed by atoms with Crippen molar-refractivity contribution in [2.45, 2.75) is 44.4 Å². The lowest BCUT2D eigenvalue weighted by molar-refractivity contribution is 0.377. The molecule has 2 aromatic heterocycles. The molecule has 2 aliphatic rings. The van der Waals surface area contributed by atoms with Crippen LogP contribution < -0.4 is 9.80 Å². The molecule has 29 heavy (non-hydrogen) atoms. The van der Waals surface area contributed by atoms with Crippen molar-refractivity contribution in [2.24, 2.45) is 0 Å². The lowest BCUT2D eigenvalue weighted by Crippen LogP contribution is -2.49. The Hall–Kier alpha value is -2.20. The van der Waals surface area contributed by atoms with E-state index in [0.717, 1.165) is 24.7 Å². The first kappa shape index (κ1) is 20.1. The topological polar surface area (TPSA) is 95.7 Å². The van der Waals surface area contributed by atoms with Gasteiger partial charge >= 0.3 is 0 Å². The second kappa shape index (κ2) is 8.27. The Balaban J connectivity index is 1.40. The fourth-order valence-corrected chi connectivity index (χ4v) is 5.80. The van der Waals surface area contributed by atoms with Crippen LogP contribution in [0, 0.1) is 13.8 Å². The van der Waals surface area contributed by atoms with Gasteiger partial charge < -0.3 is 14.3 Å². The molecule has 4 rings (SSSR count). The van der Waals surface area contributed by atoms with Gasteiger partial charge in [-0.25, -0.2) is 8.42 Å². The molecule has 0 N–H and O–H groups in total. The molecule has 2 aliphatic heterocycles. The van der Waals surface area contributed by atoms with Crippen molar-refractivity contribution < 1.29 is 12.9 Å². The van der Waals surface area contributed by atoms with E-state index in [1.165, 1.54) is 30.0 Å². The third kappa shape index (κ3) is 4.09. The Morgan fingerprint density at radius 3 is 1.86 bits per heavy atom. The molecule has 2 saturated heterocycles. The standard InChI is InChI=1S/C19H28N6O3S/c1-15-19(16(2)28-22-15)29(26,27)25-13-11-24(12-14-25)18-8-7-17(20-21-18)23-9-5-3-4-6-10-23/h7-8H,3-6,9-14H2,1-2H3. The van der Waals surface area contributed by atoms with Crippen LogP contribution in [0.3, 0.4) is 0 Å². The predicted octanol–water partition coefficient (Wildman–Crippen LogP) is 1.97. The lowest BCUT2D eigenvalue weighted by Gasteiger charge is -2.34. The van der Waals surface area contributed by atoms with Gasteiger partial charge in [-0.3, -0.25) is 0 Å². The molecule has 0 amide bonds. The van der Waals surface area contributed by atoms with Gasteiger partial charge in [-0.05, 0) is 38.8 Å². The Kier molecular flexibility index (Phi) is 5.73. The maximum atomic E-state index is 13.0. The number of nitrogens with zero attached hydrogens (tertiary/aromatic N) is 6. The molecule has 0 bridgehead atoms. The fraction of sp³-hybridized carbons (Fsp3) is 0.632. The van der Waals surface area contributed by atoms with Crippen LogP contribution in [0.4, 0.5) is 11.6 Å². The van der Waals surface area contributed by atoms with Gasteiger partial charge in [0.05, 0.1) is 0 Å². The second-order valence-electron chi connectivity index (χ2n) is 7.70. The summed E-state index contributed by atoms with van der Waals surface area (Å²) in [6.45, 7) is 7.27. The van der Waals surface area contributed by atoms with Crippen molar-refractivity contribution >= 4 is 21.7 Å². The van der Waals surface area contributed by atoms with E-state index in [-0.39, 0.29) is 4.90 Å². The van der Waals surface area contributed by atoms with Crippen LogP contribution in [0.2, 0.25) is 0 Å². The van der Waals surface area contributed by atoms with Gasteiger partial charge in [0.15, 0.2) is 17.4 Å². The summed E-state index contributed by atoms with van der Waals surface area (Å²) in [6.07, 6.45) is 4.96. The largest absolute Gasteiger partial charge is 0.360 e. The molecule has 10 heteroatoms. The summed E-state index contributed by atoms with van der Waals surface area (Å²) in [6, 6.07) is 4.02. The zero-order valence-corrected chi connectivity index (χ0v) is 17.9. The molecule has 0 aliphatic carbocycles. The summed E-state index contributed by atoms with van der Waals surface area (Å²) in [4.78, 5) is 4.57. The fourth-order valence-electron chi connectivity index (χ4n) is 4.08. The summed E-state index contributed by atoms with van der Waals surface area (Å²) in [7, 11) is -3.60. The molecule has 2 fully saturated rings. The quantitative estimate of drug-likeness (QED) is 0.741. The van der Waals surface area contributed by atoms with Gasteiger partial charge in [0.2, 0.25) is 10.0 Å². The maximum Gasteiger partial charge on any atom is 0.248 e. The number of aromatic nitrogens is 3. The minimum Gasteiger partial charge on any atom is -0.360 e. The van der Waals surface area contributed by atoms with Gasteiger partial charge in [-0.2, -0.15) is 4.31 Å². The van der Waals surface area contributed by atoms with Crippen molar-refractivity contribution in [1.82, 2.24) is 19.7 Å². The van der Waals surface area contributed by atoms with E-state index in [1.807, 2.05) is 12.1 Å². The first-order chi connectivity index (χ1) is 14.0. The number of aryl methyl sites for hydroxylation is 2. The zero-order valence-electron chi connectivity index (χ0n) is 17.0. The average Bonchev–Trinajstić information content (AvgIpc) is 2.93. The first-order valence-corrected chi connectivity index (χ1v) is 11.7. The predicted molar refractivity (Wildman–Crippen MR) is 110 cm³/mol. The van der Waals surface area contributed by atoms with Crippen molar-refractivity contribution in [3.8, 4) is 0 Å². The van der Waals surface area contributed by atoms with Crippen LogP contribution in [0.1, 0.15) is 37.1 Å². The van der Waals surface area contributed by atoms with Crippen LogP contribution in [-0.2, 0) is 10.0 Å². The van der Waals surface area contributed by atoms with E-state index in [0.29, 0.717) is 37.6 Å². The normalized spacial score (nSPS) is 19.4. The summed E-state index contributed by atoms with van der Waals surface area (Å²) >= 11 is 0. The highest BCUT2D eigenvalue weighted by Gasteiger charge is 2.33. The Morgan fingerprint density at radius 2 is 1.38 bits per heavy atom. The highest BCUT2D eigenvalue weighted by atomic mass is 32.2. The average molecular weight is 421 g/mol. The monoisotopic (exact) mass is 420 g/mol. The number of sulfonamides is 1. The Morgan fingerprint density at radius 1 is 0.828 bits per heavy atom. The molecule has 0 unspecified atom stereocenters. The number of piperazine rings is 1. The Bertz CT molecular complexity index is 908. The highest BCUT2D eigenvalue weighted by molar-refractivity contribution is 7.89. The molecule has 0 spiro atoms. The van der Waals surface area contributed by atoms with E-state index in [9.17, 15) is 8.42 Å². The summed E-state index contributed by atoms with van der Waals surface area (Å²) in [5, 5.41) is 12.6. The number of hydrogen-bond acceptors (Lipinski definition) is 8. The van der Waals surface area contributed by atoms with Crippen molar-refractivity contribution in [3.05, 3.63) is 23.6 Å². The van der Waals surface area contributed by atoms with Crippen molar-refractivity contribution in [2.75, 3.05) is 49.1 Å². The van der Waals surface area contributed by atoms with Gasteiger partial charge in [0.25, 0.3) is 0 Å². The molecule has 0 aromatic carbocycles. The zero-order chi connectivity index (χ0) is 20.4. The van der Waals surface area contributed by atoms with E-state index in [4.69, 9.17) is 4.52 Å². The number of anilines is 2. The Labute approximate surface area is 171 Å². The van der Waals surface area contributed by atoms with E-state index in [2.05, 4.69) is 25.2 Å². The van der Waals surface area contributed by atoms with Gasteiger partial charge in [-0.1, -0.05) is 18.0 Å². The van der Waals surface area contributed by atoms with E-state index in [1.54, 1.807) is 13.8 Å². The minimum absolute atomic E-state index is 0.188. The van der Waals surface area contributed by atoms with Gasteiger partial charge in [0, 0.05) is 39.3 Å². The van der Waals surface area contributed by atoms with Crippen LogP contribution >= 0.6 is 0 Å². The highest BCUT2D eigenvalue weighted by Crippen LogP contribution is 2.25. The number of hydrogen-bond donors (Lipinski definition) is 0. The van der Waals surface area contributed by atoms with E-state index >= 15 is 0 Å². The summed E-state index contributed by atoms with van der Waals surface area (Å²) in [5.41, 5.74) is 0.403. The second-order valence-corrected chi connectivity index (χ2v) is 9.57. The van der Waals surface area contributed by atoms with Crippen LogP contribution in [0.25, 0.3) is 0 Å². The summed E-state index contributed by atoms with van der Waals surface area (Å²) < 4.78 is 32.4. The molecular weight excluding hydrogens is 392 g/mol. The summed E-state index contributed by atoms with van der Waals surface area (Å²) in [5.74, 6) is 2.05. The third-order valence-corrected chi connectivity index (χ3v) is 7.84. The molecule has 0 radical (unpaired) electrons. The lowest BCUT2D eigenvalue weighted by atomic mass is 10.2. The van der Waals surface area contributed by atoms with Crippen molar-refractivity contribution in [3.63, 3.8) is 0 Å². The van der Waals surface area contributed by atoms with Crippen molar-refractivity contribution in [1.29, 1.82) is 0 Å². The molecule has 0 atom stereocenters. The smallest absolute Gasteiger partial charge is 0.248 e. The maximum absolute atomic E-state index is 13.0. The van der Waals surface area contributed by atoms with Crippen LogP contribution in [0.15, 0.2) is 21.6 Å². The first-order valence-electron chi connectivity index (χ1n) is 10.2. The molecule has 158 valence electrons. The third-order valence-electron chi connectivity index (χ3n) is 5.69. The molecule has 0 saturated carbocycles. The van der Waals surface area contributed by atoms with Crippen LogP contribution in [-0.4, -0.2) is 67.3 Å². The molecule has 4 heterocycles. The number of rotatable bonds is 4. The van der Waals surface area contributed by atoms with E-state index < -0.39 is 10.0 Å². The van der Waals surface area contributed by atoms with Gasteiger partial charge in [-0.15, -0.1) is 10.2 Å². The van der Waals surface area contributed by atoms with Crippen LogP contribution in [0.5, 0.6) is 0 Å². The van der Waals surface area contributed by atoms with Gasteiger partial charge in [0.1, 0.15) is 10.6 Å². The minimum atomic E-state index is -3.60.